The number of ether oxygens (including phenoxy) is 2. The van der Waals surface area contributed by atoms with Gasteiger partial charge in [0.25, 0.3) is 10.0 Å². The first-order valence-corrected chi connectivity index (χ1v) is 10.5. The van der Waals surface area contributed by atoms with Gasteiger partial charge in [-0.25, -0.2) is 8.42 Å². The smallest absolute Gasteiger partial charge is 0.422 e. The molecule has 0 bridgehead atoms. The van der Waals surface area contributed by atoms with Crippen molar-refractivity contribution in [2.45, 2.75) is 24.2 Å². The molecule has 0 aromatic heterocycles. The predicted molar refractivity (Wildman–Crippen MR) is 104 cm³/mol. The van der Waals surface area contributed by atoms with Crippen molar-refractivity contribution in [2.75, 3.05) is 17.9 Å². The van der Waals surface area contributed by atoms with Crippen LogP contribution in [0.1, 0.15) is 5.56 Å². The molecule has 30 heavy (non-hydrogen) atoms. The summed E-state index contributed by atoms with van der Waals surface area (Å²) < 4.78 is 112. The fourth-order valence-electron chi connectivity index (χ4n) is 2.17. The summed E-state index contributed by atoms with van der Waals surface area (Å²) in [4.78, 5) is -0.802. The van der Waals surface area contributed by atoms with Crippen LogP contribution < -0.4 is 14.2 Å². The number of anilines is 1. The number of halogens is 7. The van der Waals surface area contributed by atoms with Crippen LogP contribution in [0.5, 0.6) is 11.5 Å². The fourth-order valence-corrected chi connectivity index (χ4v) is 4.11. The molecule has 0 spiro atoms. The Bertz CT molecular complexity index is 1010. The number of aryl methyl sites for hydroxylation is 1. The molecule has 2 aromatic carbocycles. The number of hydrogen-bond acceptors (Lipinski definition) is 4. The molecule has 166 valence electrons. The molecule has 5 nitrogen and oxygen atoms in total. The molecule has 1 N–H and O–H groups in total. The van der Waals surface area contributed by atoms with E-state index in [1.54, 1.807) is 19.1 Å². The van der Waals surface area contributed by atoms with Crippen molar-refractivity contribution in [3.8, 4) is 11.5 Å². The average molecular weight is 569 g/mol. The number of hydrogen-bond donors (Lipinski definition) is 1. The van der Waals surface area contributed by atoms with Gasteiger partial charge in [-0.15, -0.1) is 0 Å². The number of alkyl halides is 6. The van der Waals surface area contributed by atoms with Crippen molar-refractivity contribution in [3.63, 3.8) is 0 Å². The van der Waals surface area contributed by atoms with Crippen LogP contribution in [0.2, 0.25) is 0 Å². The first-order valence-electron chi connectivity index (χ1n) is 7.98. The Morgan fingerprint density at radius 2 is 1.53 bits per heavy atom. The van der Waals surface area contributed by atoms with E-state index in [0.29, 0.717) is 11.6 Å². The summed E-state index contributed by atoms with van der Waals surface area (Å²) >= 11 is 2.00. The van der Waals surface area contributed by atoms with Gasteiger partial charge in [-0.2, -0.15) is 26.3 Å². The van der Waals surface area contributed by atoms with Crippen LogP contribution in [0.15, 0.2) is 41.3 Å². The highest BCUT2D eigenvalue weighted by atomic mass is 127. The van der Waals surface area contributed by atoms with Crippen LogP contribution in [0.25, 0.3) is 0 Å². The standard InChI is InChI=1S/C17H14F6INO4S/c1-10-6-11(24)2-4-13(10)25-30(26,27)15-7-12(28-8-16(18,19)20)3-5-14(15)29-9-17(21,22)23/h2-7,25H,8-9H2,1H3. The van der Waals surface area contributed by atoms with Crippen molar-refractivity contribution in [1.29, 1.82) is 0 Å². The summed E-state index contributed by atoms with van der Waals surface area (Å²) in [6.45, 7) is -1.90. The van der Waals surface area contributed by atoms with Crippen molar-refractivity contribution < 1.29 is 44.2 Å². The van der Waals surface area contributed by atoms with E-state index in [-0.39, 0.29) is 5.69 Å². The summed E-state index contributed by atoms with van der Waals surface area (Å²) in [6.07, 6.45) is -9.45. The Labute approximate surface area is 181 Å². The predicted octanol–water partition coefficient (Wildman–Crippen LogP) is 5.28. The maximum Gasteiger partial charge on any atom is 0.422 e. The Hall–Kier alpha value is -1.90. The fraction of sp³-hybridized carbons (Fsp3) is 0.294. The summed E-state index contributed by atoms with van der Waals surface area (Å²) in [7, 11) is -4.53. The van der Waals surface area contributed by atoms with Gasteiger partial charge < -0.3 is 9.47 Å². The molecule has 0 heterocycles. The van der Waals surface area contributed by atoms with Gasteiger partial charge in [-0.1, -0.05) is 0 Å². The zero-order chi connectivity index (χ0) is 22.7. The van der Waals surface area contributed by atoms with Crippen molar-refractivity contribution in [3.05, 3.63) is 45.5 Å². The molecule has 0 saturated heterocycles. The van der Waals surface area contributed by atoms with Crippen LogP contribution in [0.4, 0.5) is 32.0 Å². The number of sulfonamides is 1. The Morgan fingerprint density at radius 3 is 2.10 bits per heavy atom. The molecular weight excluding hydrogens is 555 g/mol. The minimum atomic E-state index is -4.76. The lowest BCUT2D eigenvalue weighted by Gasteiger charge is -2.17. The third-order valence-corrected chi connectivity index (χ3v) is 5.49. The summed E-state index contributed by atoms with van der Waals surface area (Å²) in [6, 6.07) is 7.04. The summed E-state index contributed by atoms with van der Waals surface area (Å²) in [5.41, 5.74) is 0.659. The summed E-state index contributed by atoms with van der Waals surface area (Å²) in [5.74, 6) is -1.20. The van der Waals surface area contributed by atoms with E-state index in [1.807, 2.05) is 22.6 Å². The highest BCUT2D eigenvalue weighted by Crippen LogP contribution is 2.32. The molecule has 0 aliphatic carbocycles. The maximum atomic E-state index is 12.8. The lowest BCUT2D eigenvalue weighted by molar-refractivity contribution is -0.154. The highest BCUT2D eigenvalue weighted by molar-refractivity contribution is 14.1. The van der Waals surface area contributed by atoms with Crippen LogP contribution in [0.3, 0.4) is 0 Å². The molecule has 0 amide bonds. The second-order valence-corrected chi connectivity index (χ2v) is 8.88. The molecule has 0 aliphatic heterocycles. The monoisotopic (exact) mass is 569 g/mol. The van der Waals surface area contributed by atoms with E-state index >= 15 is 0 Å². The Morgan fingerprint density at radius 1 is 0.933 bits per heavy atom. The topological polar surface area (TPSA) is 64.6 Å². The van der Waals surface area contributed by atoms with E-state index in [9.17, 15) is 34.8 Å². The largest absolute Gasteiger partial charge is 0.484 e. The van der Waals surface area contributed by atoms with Crippen LogP contribution >= 0.6 is 22.6 Å². The molecule has 0 atom stereocenters. The second kappa shape index (κ2) is 9.08. The van der Waals surface area contributed by atoms with Gasteiger partial charge in [-0.3, -0.25) is 4.72 Å². The van der Waals surface area contributed by atoms with Crippen LogP contribution in [-0.4, -0.2) is 34.0 Å². The second-order valence-electron chi connectivity index (χ2n) is 5.98. The van der Waals surface area contributed by atoms with Crippen molar-refractivity contribution in [1.82, 2.24) is 0 Å². The first kappa shape index (κ1) is 24.4. The van der Waals surface area contributed by atoms with Crippen LogP contribution in [-0.2, 0) is 10.0 Å². The quantitative estimate of drug-likeness (QED) is 0.364. The minimum Gasteiger partial charge on any atom is -0.484 e. The highest BCUT2D eigenvalue weighted by Gasteiger charge is 2.31. The Kier molecular flexibility index (Phi) is 7.37. The van der Waals surface area contributed by atoms with Crippen LogP contribution in [0, 0.1) is 10.5 Å². The number of benzene rings is 2. The number of rotatable bonds is 7. The van der Waals surface area contributed by atoms with Gasteiger partial charge in [0.1, 0.15) is 16.4 Å². The average Bonchev–Trinajstić information content (AvgIpc) is 2.59. The Balaban J connectivity index is 2.42. The third-order valence-electron chi connectivity index (χ3n) is 3.43. The molecule has 0 fully saturated rings. The molecule has 0 aliphatic rings. The van der Waals surface area contributed by atoms with Gasteiger partial charge in [0.05, 0.1) is 5.69 Å². The van der Waals surface area contributed by atoms with E-state index in [4.69, 9.17) is 0 Å². The third kappa shape index (κ3) is 7.41. The van der Waals surface area contributed by atoms with E-state index in [2.05, 4.69) is 14.2 Å². The SMILES string of the molecule is Cc1cc(I)ccc1NS(=O)(=O)c1cc(OCC(F)(F)F)ccc1OCC(F)(F)F. The molecule has 0 saturated carbocycles. The molecule has 2 rings (SSSR count). The normalized spacial score (nSPS) is 12.5. The molecule has 0 unspecified atom stereocenters. The lowest BCUT2D eigenvalue weighted by Crippen LogP contribution is -2.22. The summed E-state index contributed by atoms with van der Waals surface area (Å²) in [5, 5.41) is 0. The molecule has 2 aromatic rings. The lowest BCUT2D eigenvalue weighted by atomic mass is 10.2. The zero-order valence-corrected chi connectivity index (χ0v) is 18.0. The van der Waals surface area contributed by atoms with Crippen molar-refractivity contribution in [2.24, 2.45) is 0 Å². The van der Waals surface area contributed by atoms with Gasteiger partial charge in [0.15, 0.2) is 13.2 Å². The number of nitrogens with one attached hydrogen (secondary N) is 1. The molecule has 13 heteroatoms. The van der Waals surface area contributed by atoms with E-state index < -0.39 is 52.0 Å². The minimum absolute atomic E-state index is 0.138. The van der Waals surface area contributed by atoms with Gasteiger partial charge >= 0.3 is 12.4 Å². The molecular formula is C17H14F6INO4S. The van der Waals surface area contributed by atoms with E-state index in [1.165, 1.54) is 6.07 Å². The van der Waals surface area contributed by atoms with Crippen molar-refractivity contribution >= 4 is 38.3 Å². The van der Waals surface area contributed by atoms with Gasteiger partial charge in [0, 0.05) is 9.64 Å². The van der Waals surface area contributed by atoms with Gasteiger partial charge in [0.2, 0.25) is 0 Å². The van der Waals surface area contributed by atoms with E-state index in [0.717, 1.165) is 15.7 Å². The van der Waals surface area contributed by atoms with Gasteiger partial charge in [-0.05, 0) is 65.4 Å². The maximum absolute atomic E-state index is 12.8. The molecule has 0 radical (unpaired) electrons. The zero-order valence-electron chi connectivity index (χ0n) is 15.1. The first-order chi connectivity index (χ1) is 13.7.